The highest BCUT2D eigenvalue weighted by Crippen LogP contribution is 2.17. The molecule has 1 saturated heterocycles. The Morgan fingerprint density at radius 2 is 1.81 bits per heavy atom. The molecular weight excluding hydrogens is 286 g/mol. The van der Waals surface area contributed by atoms with Crippen LogP contribution in [0.15, 0.2) is 29.2 Å². The molecule has 0 saturated carbocycles. The maximum atomic E-state index is 12.2. The molecule has 0 unspecified atom stereocenters. The largest absolute Gasteiger partial charge is 0.396 e. The molecule has 0 amide bonds. The second kappa shape index (κ2) is 7.38. The monoisotopic (exact) mass is 311 g/mol. The third-order valence-electron chi connectivity index (χ3n) is 4.23. The van der Waals surface area contributed by atoms with Crippen LogP contribution in [0.25, 0.3) is 0 Å². The first-order valence-electron chi connectivity index (χ1n) is 7.64. The number of sulfone groups is 1. The molecule has 5 heteroatoms. The standard InChI is InChI=1S/C16H25NO3S/c1-14-3-5-16(6-4-14)21(19,20)12-2-9-17-10-7-15(13-18)8-11-17/h3-6,15,18H,2,7-13H2,1H3. The highest BCUT2D eigenvalue weighted by atomic mass is 32.2. The van der Waals surface area contributed by atoms with E-state index in [0.29, 0.717) is 17.2 Å². The number of hydrogen-bond donors (Lipinski definition) is 1. The van der Waals surface area contributed by atoms with Gasteiger partial charge < -0.3 is 10.0 Å². The summed E-state index contributed by atoms with van der Waals surface area (Å²) in [6, 6.07) is 7.06. The molecular formula is C16H25NO3S. The molecule has 118 valence electrons. The van der Waals surface area contributed by atoms with Crippen LogP contribution in [0.3, 0.4) is 0 Å². The summed E-state index contributed by atoms with van der Waals surface area (Å²) in [4.78, 5) is 2.73. The van der Waals surface area contributed by atoms with Gasteiger partial charge in [0, 0.05) is 6.61 Å². The zero-order chi connectivity index (χ0) is 15.3. The van der Waals surface area contributed by atoms with Gasteiger partial charge in [0.25, 0.3) is 0 Å². The molecule has 1 aliphatic rings. The van der Waals surface area contributed by atoms with E-state index in [2.05, 4.69) is 4.90 Å². The van der Waals surface area contributed by atoms with Gasteiger partial charge in [-0.3, -0.25) is 0 Å². The summed E-state index contributed by atoms with van der Waals surface area (Å²) < 4.78 is 24.5. The second-order valence-corrected chi connectivity index (χ2v) is 8.06. The summed E-state index contributed by atoms with van der Waals surface area (Å²) in [5.41, 5.74) is 1.07. The van der Waals surface area contributed by atoms with Crippen molar-refractivity contribution in [2.75, 3.05) is 32.0 Å². The Labute approximate surface area is 127 Å². The van der Waals surface area contributed by atoms with Gasteiger partial charge in [0.2, 0.25) is 0 Å². The minimum absolute atomic E-state index is 0.204. The van der Waals surface area contributed by atoms with Gasteiger partial charge in [0.1, 0.15) is 0 Å². The lowest BCUT2D eigenvalue weighted by Crippen LogP contribution is -2.35. The van der Waals surface area contributed by atoms with Crippen LogP contribution in [-0.4, -0.2) is 50.4 Å². The number of nitrogens with zero attached hydrogens (tertiary/aromatic N) is 1. The fourth-order valence-corrected chi connectivity index (χ4v) is 4.03. The topological polar surface area (TPSA) is 57.6 Å². The zero-order valence-corrected chi connectivity index (χ0v) is 13.5. The highest BCUT2D eigenvalue weighted by molar-refractivity contribution is 7.91. The van der Waals surface area contributed by atoms with Crippen molar-refractivity contribution in [3.63, 3.8) is 0 Å². The second-order valence-electron chi connectivity index (χ2n) is 5.95. The Bertz CT molecular complexity index is 531. The first-order valence-corrected chi connectivity index (χ1v) is 9.29. The first kappa shape index (κ1) is 16.5. The summed E-state index contributed by atoms with van der Waals surface area (Å²) in [5.74, 6) is 0.633. The van der Waals surface area contributed by atoms with Crippen LogP contribution in [0.2, 0.25) is 0 Å². The zero-order valence-electron chi connectivity index (χ0n) is 12.7. The van der Waals surface area contributed by atoms with E-state index in [1.165, 1.54) is 0 Å². The average molecular weight is 311 g/mol. The molecule has 21 heavy (non-hydrogen) atoms. The number of likely N-dealkylation sites (tertiary alicyclic amines) is 1. The van der Waals surface area contributed by atoms with E-state index in [9.17, 15) is 8.42 Å². The number of aliphatic hydroxyl groups excluding tert-OH is 1. The van der Waals surface area contributed by atoms with E-state index >= 15 is 0 Å². The van der Waals surface area contributed by atoms with Gasteiger partial charge in [0.15, 0.2) is 9.84 Å². The minimum Gasteiger partial charge on any atom is -0.396 e. The van der Waals surface area contributed by atoms with Crippen molar-refractivity contribution in [2.24, 2.45) is 5.92 Å². The van der Waals surface area contributed by atoms with Crippen molar-refractivity contribution in [1.82, 2.24) is 4.90 Å². The third kappa shape index (κ3) is 4.80. The molecule has 0 radical (unpaired) electrons. The van der Waals surface area contributed by atoms with Crippen molar-refractivity contribution in [3.8, 4) is 0 Å². The molecule has 0 bridgehead atoms. The Morgan fingerprint density at radius 1 is 1.19 bits per heavy atom. The molecule has 1 aliphatic heterocycles. The Balaban J connectivity index is 1.79. The molecule has 1 aromatic rings. The van der Waals surface area contributed by atoms with E-state index in [-0.39, 0.29) is 12.4 Å². The van der Waals surface area contributed by atoms with Crippen molar-refractivity contribution in [1.29, 1.82) is 0 Å². The lowest BCUT2D eigenvalue weighted by atomic mass is 9.98. The fourth-order valence-electron chi connectivity index (χ4n) is 2.73. The molecule has 0 aliphatic carbocycles. The van der Waals surface area contributed by atoms with Crippen LogP contribution in [0.5, 0.6) is 0 Å². The van der Waals surface area contributed by atoms with Crippen molar-refractivity contribution >= 4 is 9.84 Å². The smallest absolute Gasteiger partial charge is 0.178 e. The number of hydrogen-bond acceptors (Lipinski definition) is 4. The Kier molecular flexibility index (Phi) is 5.79. The van der Waals surface area contributed by atoms with Gasteiger partial charge in [-0.25, -0.2) is 8.42 Å². The third-order valence-corrected chi connectivity index (χ3v) is 6.05. The van der Waals surface area contributed by atoms with Crippen LogP contribution in [0.1, 0.15) is 24.8 Å². The number of piperidine rings is 1. The molecule has 0 spiro atoms. The predicted molar refractivity (Wildman–Crippen MR) is 84.1 cm³/mol. The summed E-state index contributed by atoms with van der Waals surface area (Å²) in [6.45, 7) is 4.98. The van der Waals surface area contributed by atoms with Crippen LogP contribution in [0.4, 0.5) is 0 Å². The van der Waals surface area contributed by atoms with Crippen LogP contribution < -0.4 is 0 Å². The first-order chi connectivity index (χ1) is 10.0. The van der Waals surface area contributed by atoms with E-state index in [0.717, 1.165) is 38.0 Å². The molecule has 4 nitrogen and oxygen atoms in total. The van der Waals surface area contributed by atoms with E-state index in [1.54, 1.807) is 12.1 Å². The average Bonchev–Trinajstić information content (AvgIpc) is 2.48. The molecule has 1 fully saturated rings. The van der Waals surface area contributed by atoms with E-state index < -0.39 is 9.84 Å². The minimum atomic E-state index is -3.16. The summed E-state index contributed by atoms with van der Waals surface area (Å²) in [6.07, 6.45) is 2.70. The van der Waals surface area contributed by atoms with Crippen molar-refractivity contribution < 1.29 is 13.5 Å². The van der Waals surface area contributed by atoms with Crippen LogP contribution in [-0.2, 0) is 9.84 Å². The summed E-state index contributed by atoms with van der Waals surface area (Å²) in [7, 11) is -3.16. The van der Waals surface area contributed by atoms with Gasteiger partial charge in [-0.15, -0.1) is 0 Å². The van der Waals surface area contributed by atoms with E-state index in [4.69, 9.17) is 5.11 Å². The highest BCUT2D eigenvalue weighted by Gasteiger charge is 2.19. The normalized spacial score (nSPS) is 18.0. The Morgan fingerprint density at radius 3 is 2.38 bits per heavy atom. The number of rotatable bonds is 6. The van der Waals surface area contributed by atoms with Gasteiger partial charge >= 0.3 is 0 Å². The molecule has 0 aromatic heterocycles. The SMILES string of the molecule is Cc1ccc(S(=O)(=O)CCCN2CCC(CO)CC2)cc1. The number of aryl methyl sites for hydroxylation is 1. The van der Waals surface area contributed by atoms with Gasteiger partial charge in [-0.05, 0) is 63.9 Å². The van der Waals surface area contributed by atoms with Crippen LogP contribution in [0, 0.1) is 12.8 Å². The predicted octanol–water partition coefficient (Wildman–Crippen LogP) is 1.86. The molecule has 1 N–H and O–H groups in total. The lowest BCUT2D eigenvalue weighted by Gasteiger charge is -2.30. The molecule has 1 aromatic carbocycles. The van der Waals surface area contributed by atoms with Gasteiger partial charge in [-0.2, -0.15) is 0 Å². The quantitative estimate of drug-likeness (QED) is 0.871. The van der Waals surface area contributed by atoms with Crippen molar-refractivity contribution in [2.45, 2.75) is 31.1 Å². The van der Waals surface area contributed by atoms with Gasteiger partial charge in [-0.1, -0.05) is 17.7 Å². The lowest BCUT2D eigenvalue weighted by molar-refractivity contribution is 0.132. The summed E-state index contributed by atoms with van der Waals surface area (Å²) >= 11 is 0. The van der Waals surface area contributed by atoms with Crippen LogP contribution >= 0.6 is 0 Å². The summed E-state index contributed by atoms with van der Waals surface area (Å²) in [5, 5.41) is 9.11. The number of aliphatic hydroxyl groups is 1. The maximum absolute atomic E-state index is 12.2. The van der Waals surface area contributed by atoms with E-state index in [1.807, 2.05) is 19.1 Å². The molecule has 0 atom stereocenters. The van der Waals surface area contributed by atoms with Crippen molar-refractivity contribution in [3.05, 3.63) is 29.8 Å². The maximum Gasteiger partial charge on any atom is 0.178 e. The van der Waals surface area contributed by atoms with Gasteiger partial charge in [0.05, 0.1) is 10.6 Å². The molecule has 2 rings (SSSR count). The fraction of sp³-hybridized carbons (Fsp3) is 0.625. The Hall–Kier alpha value is -0.910. The molecule has 1 heterocycles. The number of benzene rings is 1.